The minimum atomic E-state index is 0.535. The highest BCUT2D eigenvalue weighted by Gasteiger charge is 2.37. The van der Waals surface area contributed by atoms with Crippen LogP contribution in [0.15, 0.2) is 0 Å². The lowest BCUT2D eigenvalue weighted by molar-refractivity contribution is 0.0900. The summed E-state index contributed by atoms with van der Waals surface area (Å²) >= 11 is 0. The maximum Gasteiger partial charge on any atom is 0.0229 e. The molecule has 1 N–H and O–H groups in total. The lowest BCUT2D eigenvalue weighted by atomic mass is 9.69. The van der Waals surface area contributed by atoms with Gasteiger partial charge >= 0.3 is 0 Å². The Labute approximate surface area is 119 Å². The molecule has 3 heteroatoms. The Hall–Kier alpha value is -0.120. The van der Waals surface area contributed by atoms with Gasteiger partial charge in [-0.2, -0.15) is 0 Å². The van der Waals surface area contributed by atoms with Gasteiger partial charge in [0.05, 0.1) is 0 Å². The van der Waals surface area contributed by atoms with Crippen LogP contribution < -0.4 is 5.32 Å². The van der Waals surface area contributed by atoms with E-state index in [-0.39, 0.29) is 0 Å². The maximum atomic E-state index is 3.47. The van der Waals surface area contributed by atoms with Crippen LogP contribution in [0, 0.1) is 11.3 Å². The van der Waals surface area contributed by atoms with Gasteiger partial charge in [0.2, 0.25) is 0 Å². The van der Waals surface area contributed by atoms with Gasteiger partial charge < -0.3 is 15.1 Å². The van der Waals surface area contributed by atoms with Crippen molar-refractivity contribution in [1.29, 1.82) is 0 Å². The van der Waals surface area contributed by atoms with Crippen LogP contribution in [0.2, 0.25) is 0 Å². The Morgan fingerprint density at radius 2 is 2.11 bits per heavy atom. The van der Waals surface area contributed by atoms with E-state index in [4.69, 9.17) is 0 Å². The van der Waals surface area contributed by atoms with Gasteiger partial charge in [-0.1, -0.05) is 19.8 Å². The van der Waals surface area contributed by atoms with Crippen molar-refractivity contribution in [2.75, 3.05) is 47.3 Å². The molecule has 0 radical (unpaired) electrons. The van der Waals surface area contributed by atoms with Crippen molar-refractivity contribution >= 4 is 0 Å². The third-order valence-corrected chi connectivity index (χ3v) is 5.27. The zero-order valence-electron chi connectivity index (χ0n) is 13.4. The van der Waals surface area contributed by atoms with Crippen molar-refractivity contribution < 1.29 is 0 Å². The summed E-state index contributed by atoms with van der Waals surface area (Å²) in [6.07, 6.45) is 7.04. The van der Waals surface area contributed by atoms with E-state index >= 15 is 0 Å². The first-order chi connectivity index (χ1) is 9.04. The third-order valence-electron chi connectivity index (χ3n) is 5.27. The summed E-state index contributed by atoms with van der Waals surface area (Å²) in [5, 5.41) is 3.47. The predicted octanol–water partition coefficient (Wildman–Crippen LogP) is 2.04. The quantitative estimate of drug-likeness (QED) is 0.822. The zero-order chi connectivity index (χ0) is 13.9. The van der Waals surface area contributed by atoms with Crippen LogP contribution in [0.4, 0.5) is 0 Å². The van der Waals surface area contributed by atoms with Crippen LogP contribution in [0.25, 0.3) is 0 Å². The van der Waals surface area contributed by atoms with Crippen molar-refractivity contribution in [3.63, 3.8) is 0 Å². The molecule has 0 amide bonds. The Kier molecular flexibility index (Phi) is 5.27. The van der Waals surface area contributed by atoms with Gasteiger partial charge in [-0.25, -0.2) is 0 Å². The molecule has 0 bridgehead atoms. The van der Waals surface area contributed by atoms with Crippen molar-refractivity contribution in [3.05, 3.63) is 0 Å². The van der Waals surface area contributed by atoms with E-state index in [1.54, 1.807) is 0 Å². The van der Waals surface area contributed by atoms with E-state index in [1.165, 1.54) is 58.3 Å². The number of nitrogens with one attached hydrogen (secondary N) is 1. The number of likely N-dealkylation sites (N-methyl/N-ethyl adjacent to an activating group) is 1. The summed E-state index contributed by atoms with van der Waals surface area (Å²) in [7, 11) is 6.56. The number of hydrogen-bond acceptors (Lipinski definition) is 3. The highest BCUT2D eigenvalue weighted by molar-refractivity contribution is 4.92. The molecule has 1 heterocycles. The van der Waals surface area contributed by atoms with Crippen molar-refractivity contribution in [1.82, 2.24) is 15.1 Å². The van der Waals surface area contributed by atoms with Crippen molar-refractivity contribution in [3.8, 4) is 0 Å². The number of rotatable bonds is 5. The average molecular weight is 267 g/mol. The lowest BCUT2D eigenvalue weighted by Gasteiger charge is -2.42. The lowest BCUT2D eigenvalue weighted by Crippen LogP contribution is -2.46. The van der Waals surface area contributed by atoms with Crippen LogP contribution in [0.3, 0.4) is 0 Å². The normalized spacial score (nSPS) is 37.1. The summed E-state index contributed by atoms with van der Waals surface area (Å²) in [6.45, 7) is 7.51. The molecule has 2 rings (SSSR count). The summed E-state index contributed by atoms with van der Waals surface area (Å²) in [6, 6.07) is 0.771. The van der Waals surface area contributed by atoms with Gasteiger partial charge in [-0.15, -0.1) is 0 Å². The Morgan fingerprint density at radius 1 is 1.32 bits per heavy atom. The fraction of sp³-hybridized carbons (Fsp3) is 1.00. The molecule has 3 unspecified atom stereocenters. The van der Waals surface area contributed by atoms with Gasteiger partial charge in [0, 0.05) is 25.7 Å². The maximum absolute atomic E-state index is 3.47. The van der Waals surface area contributed by atoms with E-state index in [0.717, 1.165) is 12.0 Å². The monoisotopic (exact) mass is 267 g/mol. The highest BCUT2D eigenvalue weighted by atomic mass is 15.2. The molecule has 1 saturated heterocycles. The zero-order valence-corrected chi connectivity index (χ0v) is 13.4. The third kappa shape index (κ3) is 3.93. The Morgan fingerprint density at radius 3 is 2.68 bits per heavy atom. The predicted molar refractivity (Wildman–Crippen MR) is 82.5 cm³/mol. The van der Waals surface area contributed by atoms with Crippen LogP contribution >= 0.6 is 0 Å². The molecule has 112 valence electrons. The topological polar surface area (TPSA) is 18.5 Å². The molecular formula is C16H33N3. The molecule has 0 spiro atoms. The van der Waals surface area contributed by atoms with E-state index < -0.39 is 0 Å². The Bertz CT molecular complexity index is 275. The largest absolute Gasteiger partial charge is 0.319 e. The summed E-state index contributed by atoms with van der Waals surface area (Å²) in [5.41, 5.74) is 0.535. The molecule has 1 saturated carbocycles. The first-order valence-corrected chi connectivity index (χ1v) is 8.08. The highest BCUT2D eigenvalue weighted by Crippen LogP contribution is 2.40. The van der Waals surface area contributed by atoms with Gasteiger partial charge in [-0.05, 0) is 58.3 Å². The second-order valence-electron chi connectivity index (χ2n) is 7.37. The standard InChI is InChI=1S/C16H33N3/c1-14-6-5-8-16(10-14,12-17-2)13-19-9-7-15(11-19)18(3)4/h14-15,17H,5-13H2,1-4H3. The first kappa shape index (κ1) is 15.3. The Balaban J connectivity index is 1.93. The molecule has 1 aliphatic heterocycles. The molecule has 19 heavy (non-hydrogen) atoms. The molecule has 2 aliphatic rings. The van der Waals surface area contributed by atoms with Crippen molar-refractivity contribution in [2.45, 2.75) is 45.1 Å². The smallest absolute Gasteiger partial charge is 0.0229 e. The van der Waals surface area contributed by atoms with Gasteiger partial charge in [0.25, 0.3) is 0 Å². The molecular weight excluding hydrogens is 234 g/mol. The average Bonchev–Trinajstić information content (AvgIpc) is 2.77. The second kappa shape index (κ2) is 6.55. The molecule has 2 fully saturated rings. The second-order valence-corrected chi connectivity index (χ2v) is 7.37. The van der Waals surface area contributed by atoms with Crippen LogP contribution in [-0.2, 0) is 0 Å². The molecule has 1 aliphatic carbocycles. The molecule has 0 aromatic heterocycles. The minimum Gasteiger partial charge on any atom is -0.319 e. The van der Waals surface area contributed by atoms with Gasteiger partial charge in [-0.3, -0.25) is 0 Å². The minimum absolute atomic E-state index is 0.535. The van der Waals surface area contributed by atoms with E-state index in [0.29, 0.717) is 5.41 Å². The SMILES string of the molecule is CNCC1(CN2CCC(N(C)C)C2)CCCC(C)C1. The van der Waals surface area contributed by atoms with Crippen molar-refractivity contribution in [2.24, 2.45) is 11.3 Å². The molecule has 3 atom stereocenters. The summed E-state index contributed by atoms with van der Waals surface area (Å²) in [4.78, 5) is 5.12. The van der Waals surface area contributed by atoms with E-state index in [9.17, 15) is 0 Å². The molecule has 0 aromatic carbocycles. The fourth-order valence-corrected chi connectivity index (χ4v) is 4.36. The van der Waals surface area contributed by atoms with Crippen LogP contribution in [0.5, 0.6) is 0 Å². The van der Waals surface area contributed by atoms with Gasteiger partial charge in [0.1, 0.15) is 0 Å². The molecule has 0 aromatic rings. The van der Waals surface area contributed by atoms with Crippen LogP contribution in [-0.4, -0.2) is 63.2 Å². The van der Waals surface area contributed by atoms with Gasteiger partial charge in [0.15, 0.2) is 0 Å². The number of likely N-dealkylation sites (tertiary alicyclic amines) is 1. The number of nitrogens with zero attached hydrogens (tertiary/aromatic N) is 2. The van der Waals surface area contributed by atoms with E-state index in [2.05, 4.69) is 43.2 Å². The molecule has 3 nitrogen and oxygen atoms in total. The van der Waals surface area contributed by atoms with E-state index in [1.807, 2.05) is 0 Å². The number of hydrogen-bond donors (Lipinski definition) is 1. The first-order valence-electron chi connectivity index (χ1n) is 8.08. The fourth-order valence-electron chi connectivity index (χ4n) is 4.36. The van der Waals surface area contributed by atoms with Crippen LogP contribution in [0.1, 0.15) is 39.0 Å². The summed E-state index contributed by atoms with van der Waals surface area (Å²) in [5.74, 6) is 0.911. The summed E-state index contributed by atoms with van der Waals surface area (Å²) < 4.78 is 0.